The second kappa shape index (κ2) is 8.20. The normalized spacial score (nSPS) is 10.5. The zero-order chi connectivity index (χ0) is 18.5. The van der Waals surface area contributed by atoms with Gasteiger partial charge in [-0.2, -0.15) is 0 Å². The number of benzene rings is 1. The Morgan fingerprint density at radius 3 is 1.77 bits per heavy atom. The highest BCUT2D eigenvalue weighted by atomic mass is 32.1. The molecule has 0 aliphatic heterocycles. The summed E-state index contributed by atoms with van der Waals surface area (Å²) in [5, 5.41) is 4.80. The average Bonchev–Trinajstić information content (AvgIpc) is 3.32. The van der Waals surface area contributed by atoms with Crippen LogP contribution in [0.2, 0.25) is 0 Å². The average molecular weight is 388 g/mol. The number of hydrogen-bond donors (Lipinski definition) is 0. The molecule has 0 bridgehead atoms. The van der Waals surface area contributed by atoms with E-state index in [4.69, 9.17) is 9.47 Å². The van der Waals surface area contributed by atoms with E-state index < -0.39 is 11.9 Å². The monoisotopic (exact) mass is 388 g/mol. The molecule has 0 aliphatic carbocycles. The van der Waals surface area contributed by atoms with Crippen LogP contribution in [-0.4, -0.2) is 35.1 Å². The molecule has 2 aromatic heterocycles. The molecule has 0 unspecified atom stereocenters. The summed E-state index contributed by atoms with van der Waals surface area (Å²) in [5.41, 5.74) is 2.35. The summed E-state index contributed by atoms with van der Waals surface area (Å²) in [6.45, 7) is 4.14. The van der Waals surface area contributed by atoms with Crippen molar-refractivity contribution >= 4 is 34.6 Å². The van der Waals surface area contributed by atoms with Gasteiger partial charge in [0.05, 0.1) is 13.2 Å². The van der Waals surface area contributed by atoms with Crippen LogP contribution in [0.25, 0.3) is 21.1 Å². The largest absolute Gasteiger partial charge is 0.461 e. The van der Waals surface area contributed by atoms with Crippen molar-refractivity contribution in [1.29, 1.82) is 0 Å². The van der Waals surface area contributed by atoms with Crippen molar-refractivity contribution in [2.24, 2.45) is 0 Å². The van der Waals surface area contributed by atoms with Gasteiger partial charge >= 0.3 is 11.9 Å². The van der Waals surface area contributed by atoms with Crippen LogP contribution in [0, 0.1) is 0 Å². The van der Waals surface area contributed by atoms with E-state index in [2.05, 4.69) is 9.97 Å². The molecular formula is C18H16N2O4S2. The molecule has 26 heavy (non-hydrogen) atoms. The summed E-state index contributed by atoms with van der Waals surface area (Å²) < 4.78 is 9.94. The van der Waals surface area contributed by atoms with E-state index in [0.29, 0.717) is 24.6 Å². The Balaban J connectivity index is 1.85. The van der Waals surface area contributed by atoms with Gasteiger partial charge in [-0.3, -0.25) is 0 Å². The summed E-state index contributed by atoms with van der Waals surface area (Å²) >= 11 is 2.75. The maximum atomic E-state index is 11.8. The van der Waals surface area contributed by atoms with E-state index in [1.165, 1.54) is 22.7 Å². The van der Waals surface area contributed by atoms with Crippen LogP contribution in [0.4, 0.5) is 0 Å². The van der Waals surface area contributed by atoms with E-state index in [1.807, 2.05) is 24.3 Å². The van der Waals surface area contributed by atoms with Crippen LogP contribution in [0.1, 0.15) is 34.8 Å². The Hall–Kier alpha value is -2.58. The fourth-order valence-corrected chi connectivity index (χ4v) is 3.77. The Bertz CT molecular complexity index is 861. The van der Waals surface area contributed by atoms with Crippen molar-refractivity contribution < 1.29 is 19.1 Å². The molecule has 8 heteroatoms. The fourth-order valence-electron chi connectivity index (χ4n) is 2.20. The molecule has 0 amide bonds. The lowest BCUT2D eigenvalue weighted by atomic mass is 10.1. The summed E-state index contributed by atoms with van der Waals surface area (Å²) in [6.07, 6.45) is 0. The molecule has 2 heterocycles. The van der Waals surface area contributed by atoms with Gasteiger partial charge in [-0.05, 0) is 19.9 Å². The highest BCUT2D eigenvalue weighted by Crippen LogP contribution is 2.30. The number of ether oxygens (including phenoxy) is 2. The van der Waals surface area contributed by atoms with Gasteiger partial charge in [0.15, 0.2) is 11.4 Å². The van der Waals surface area contributed by atoms with Crippen molar-refractivity contribution in [2.45, 2.75) is 13.8 Å². The maximum absolute atomic E-state index is 11.8. The molecule has 3 rings (SSSR count). The van der Waals surface area contributed by atoms with E-state index >= 15 is 0 Å². The first-order valence-electron chi connectivity index (χ1n) is 7.98. The zero-order valence-electron chi connectivity index (χ0n) is 14.2. The van der Waals surface area contributed by atoms with Crippen LogP contribution < -0.4 is 0 Å². The van der Waals surface area contributed by atoms with E-state index in [0.717, 1.165) is 21.1 Å². The van der Waals surface area contributed by atoms with Crippen LogP contribution >= 0.6 is 22.7 Å². The van der Waals surface area contributed by atoms with Gasteiger partial charge in [0.25, 0.3) is 0 Å². The van der Waals surface area contributed by atoms with Gasteiger partial charge in [0.2, 0.25) is 0 Å². The number of carbonyl (C=O) groups is 2. The van der Waals surface area contributed by atoms with Gasteiger partial charge in [-0.1, -0.05) is 18.2 Å². The van der Waals surface area contributed by atoms with Gasteiger partial charge in [0.1, 0.15) is 10.0 Å². The first kappa shape index (κ1) is 18.2. The highest BCUT2D eigenvalue weighted by molar-refractivity contribution is 7.13. The highest BCUT2D eigenvalue weighted by Gasteiger charge is 2.15. The van der Waals surface area contributed by atoms with Crippen LogP contribution in [0.15, 0.2) is 35.0 Å². The van der Waals surface area contributed by atoms with Gasteiger partial charge in [-0.25, -0.2) is 19.6 Å². The van der Waals surface area contributed by atoms with Crippen LogP contribution in [0.3, 0.4) is 0 Å². The molecule has 0 fully saturated rings. The van der Waals surface area contributed by atoms with E-state index in [-0.39, 0.29) is 0 Å². The molecule has 0 N–H and O–H groups in total. The Morgan fingerprint density at radius 2 is 1.35 bits per heavy atom. The second-order valence-corrected chi connectivity index (χ2v) is 6.81. The Labute approximate surface area is 158 Å². The Kier molecular flexibility index (Phi) is 5.75. The molecule has 0 aliphatic rings. The predicted molar refractivity (Wildman–Crippen MR) is 101 cm³/mol. The summed E-state index contributed by atoms with van der Waals surface area (Å²) in [5.74, 6) is -0.852. The van der Waals surface area contributed by atoms with Gasteiger partial charge in [0, 0.05) is 21.9 Å². The number of rotatable bonds is 6. The number of nitrogens with zero attached hydrogens (tertiary/aromatic N) is 2. The molecule has 134 valence electrons. The number of esters is 2. The summed E-state index contributed by atoms with van der Waals surface area (Å²) in [6, 6.07) is 7.65. The smallest absolute Gasteiger partial charge is 0.357 e. The number of aromatic nitrogens is 2. The first-order valence-corrected chi connectivity index (χ1v) is 9.74. The molecule has 6 nitrogen and oxygen atoms in total. The first-order chi connectivity index (χ1) is 12.6. The SMILES string of the molecule is CCOC(=O)c1csc(-c2cccc(-c3nc(C(=O)OCC)cs3)c2)n1. The summed E-state index contributed by atoms with van der Waals surface area (Å²) in [7, 11) is 0. The number of hydrogen-bond acceptors (Lipinski definition) is 8. The van der Waals surface area contributed by atoms with Crippen molar-refractivity contribution in [3.63, 3.8) is 0 Å². The topological polar surface area (TPSA) is 78.4 Å². The zero-order valence-corrected chi connectivity index (χ0v) is 15.9. The molecule has 0 saturated carbocycles. The molecule has 0 saturated heterocycles. The molecule has 0 radical (unpaired) electrons. The minimum Gasteiger partial charge on any atom is -0.461 e. The lowest BCUT2D eigenvalue weighted by Crippen LogP contribution is -2.04. The van der Waals surface area contributed by atoms with Gasteiger partial charge < -0.3 is 9.47 Å². The molecule has 1 aromatic carbocycles. The number of carbonyl (C=O) groups excluding carboxylic acids is 2. The van der Waals surface area contributed by atoms with Crippen molar-refractivity contribution in [2.75, 3.05) is 13.2 Å². The molecule has 0 atom stereocenters. The van der Waals surface area contributed by atoms with Crippen LogP contribution in [0.5, 0.6) is 0 Å². The lowest BCUT2D eigenvalue weighted by molar-refractivity contribution is 0.0511. The van der Waals surface area contributed by atoms with Crippen molar-refractivity contribution in [3.8, 4) is 21.1 Å². The fraction of sp³-hybridized carbons (Fsp3) is 0.222. The standard InChI is InChI=1S/C18H16N2O4S2/c1-3-23-17(21)13-9-25-15(19-13)11-6-5-7-12(8-11)16-20-14(10-26-16)18(22)24-4-2/h5-10H,3-4H2,1-2H3. The molecule has 3 aromatic rings. The van der Waals surface area contributed by atoms with E-state index in [1.54, 1.807) is 24.6 Å². The third-order valence-electron chi connectivity index (χ3n) is 3.33. The third kappa shape index (κ3) is 3.97. The maximum Gasteiger partial charge on any atom is 0.357 e. The minimum absolute atomic E-state index is 0.302. The minimum atomic E-state index is -0.426. The van der Waals surface area contributed by atoms with Gasteiger partial charge in [-0.15, -0.1) is 22.7 Å². The second-order valence-electron chi connectivity index (χ2n) is 5.10. The third-order valence-corrected chi connectivity index (χ3v) is 5.12. The molecular weight excluding hydrogens is 372 g/mol. The van der Waals surface area contributed by atoms with Crippen molar-refractivity contribution in [3.05, 3.63) is 46.4 Å². The quantitative estimate of drug-likeness (QED) is 0.586. The van der Waals surface area contributed by atoms with E-state index in [9.17, 15) is 9.59 Å². The van der Waals surface area contributed by atoms with Crippen molar-refractivity contribution in [1.82, 2.24) is 9.97 Å². The lowest BCUT2D eigenvalue weighted by Gasteiger charge is -2.01. The Morgan fingerprint density at radius 1 is 0.885 bits per heavy atom. The summed E-state index contributed by atoms with van der Waals surface area (Å²) in [4.78, 5) is 32.2. The number of thiazole rings is 2. The molecule has 0 spiro atoms. The van der Waals surface area contributed by atoms with Crippen LogP contribution in [-0.2, 0) is 9.47 Å². The predicted octanol–water partition coefficient (Wildman–Crippen LogP) is 4.29.